The molecule has 6 nitrogen and oxygen atoms in total. The minimum absolute atomic E-state index is 0.162. The highest BCUT2D eigenvalue weighted by Crippen LogP contribution is 2.32. The maximum absolute atomic E-state index is 13.1. The van der Waals surface area contributed by atoms with Gasteiger partial charge in [0.1, 0.15) is 11.4 Å². The smallest absolute Gasteiger partial charge is 0.276 e. The number of halogens is 1. The van der Waals surface area contributed by atoms with Crippen LogP contribution in [0.5, 0.6) is 5.75 Å². The van der Waals surface area contributed by atoms with Crippen molar-refractivity contribution in [3.63, 3.8) is 0 Å². The molecule has 2 heterocycles. The molecule has 0 fully saturated rings. The number of methoxy groups -OCH3 is 1. The molecule has 2 aromatic rings. The van der Waals surface area contributed by atoms with Gasteiger partial charge in [-0.25, -0.2) is 5.01 Å². The van der Waals surface area contributed by atoms with E-state index in [1.165, 1.54) is 6.42 Å². The van der Waals surface area contributed by atoms with Gasteiger partial charge in [0.25, 0.3) is 5.91 Å². The van der Waals surface area contributed by atoms with Gasteiger partial charge in [0.2, 0.25) is 0 Å². The number of thioether (sulfide) groups is 1. The van der Waals surface area contributed by atoms with Crippen molar-refractivity contribution in [2.24, 2.45) is 10.1 Å². The fourth-order valence-electron chi connectivity index (χ4n) is 3.46. The third kappa shape index (κ3) is 4.25. The number of ether oxygens (including phenoxy) is 1. The molecule has 0 radical (unpaired) electrons. The van der Waals surface area contributed by atoms with Crippen molar-refractivity contribution in [1.82, 2.24) is 10.3 Å². The van der Waals surface area contributed by atoms with Gasteiger partial charge in [0.15, 0.2) is 11.3 Å². The predicted molar refractivity (Wildman–Crippen MR) is 123 cm³/mol. The first kappa shape index (κ1) is 20.9. The highest BCUT2D eigenvalue weighted by molar-refractivity contribution is 9.10. The molecule has 1 N–H and O–H groups in total. The van der Waals surface area contributed by atoms with Crippen molar-refractivity contribution >= 4 is 44.5 Å². The van der Waals surface area contributed by atoms with Crippen molar-refractivity contribution in [3.8, 4) is 5.75 Å². The summed E-state index contributed by atoms with van der Waals surface area (Å²) in [5, 5.41) is 11.6. The lowest BCUT2D eigenvalue weighted by atomic mass is 10.1. The molecule has 2 aliphatic rings. The molecule has 0 spiro atoms. The maximum atomic E-state index is 13.1. The first-order chi connectivity index (χ1) is 14.6. The van der Waals surface area contributed by atoms with Crippen molar-refractivity contribution in [3.05, 3.63) is 63.1 Å². The summed E-state index contributed by atoms with van der Waals surface area (Å²) < 4.78 is 6.28. The first-order valence-corrected chi connectivity index (χ1v) is 11.7. The van der Waals surface area contributed by atoms with E-state index in [-0.39, 0.29) is 5.91 Å². The van der Waals surface area contributed by atoms with E-state index in [4.69, 9.17) is 14.8 Å². The van der Waals surface area contributed by atoms with Crippen LogP contribution in [0.1, 0.15) is 37.9 Å². The summed E-state index contributed by atoms with van der Waals surface area (Å²) in [5.74, 6) is 1.50. The van der Waals surface area contributed by atoms with E-state index >= 15 is 0 Å². The number of fused-ring (bicyclic) bond motifs is 2. The van der Waals surface area contributed by atoms with Gasteiger partial charge >= 0.3 is 0 Å². The van der Waals surface area contributed by atoms with E-state index in [0.717, 1.165) is 45.0 Å². The zero-order chi connectivity index (χ0) is 21.1. The second kappa shape index (κ2) is 9.22. The number of carbonyl (C=O) groups excluding carboxylic acids is 1. The Labute approximate surface area is 188 Å². The molecule has 0 unspecified atom stereocenters. The monoisotopic (exact) mass is 486 g/mol. The Morgan fingerprint density at radius 1 is 1.23 bits per heavy atom. The lowest BCUT2D eigenvalue weighted by molar-refractivity contribution is -0.116. The van der Waals surface area contributed by atoms with E-state index in [0.29, 0.717) is 10.9 Å². The molecule has 156 valence electrons. The van der Waals surface area contributed by atoms with Crippen LogP contribution in [0.25, 0.3) is 5.70 Å². The molecule has 0 saturated carbocycles. The Bertz CT molecular complexity index is 1120. The molecule has 2 aromatic carbocycles. The molecule has 0 bridgehead atoms. The number of carbonyl (C=O) groups is 1. The van der Waals surface area contributed by atoms with Gasteiger partial charge in [-0.2, -0.15) is 0 Å². The number of hydrogen-bond donors (Lipinski definition) is 1. The summed E-state index contributed by atoms with van der Waals surface area (Å²) in [6, 6.07) is 13.5. The highest BCUT2D eigenvalue weighted by atomic mass is 79.9. The lowest BCUT2D eigenvalue weighted by Crippen LogP contribution is -2.50. The quantitative estimate of drug-likeness (QED) is 0.634. The summed E-state index contributed by atoms with van der Waals surface area (Å²) in [6.07, 6.45) is 2.97. The Kier molecular flexibility index (Phi) is 6.43. The minimum Gasteiger partial charge on any atom is -0.497 e. The Morgan fingerprint density at radius 3 is 2.90 bits per heavy atom. The molecule has 30 heavy (non-hydrogen) atoms. The molecular weight excluding hydrogens is 464 g/mol. The molecule has 1 amide bonds. The highest BCUT2D eigenvalue weighted by Gasteiger charge is 2.34. The summed E-state index contributed by atoms with van der Waals surface area (Å²) >= 11 is 5.08. The molecule has 0 aliphatic carbocycles. The van der Waals surface area contributed by atoms with Gasteiger partial charge in [-0.3, -0.25) is 15.1 Å². The van der Waals surface area contributed by atoms with E-state index < -0.39 is 6.17 Å². The second-order valence-corrected chi connectivity index (χ2v) is 9.05. The Hall–Kier alpha value is -2.32. The van der Waals surface area contributed by atoms with Crippen LogP contribution in [0.3, 0.4) is 0 Å². The van der Waals surface area contributed by atoms with Crippen molar-refractivity contribution in [2.75, 3.05) is 12.9 Å². The first-order valence-electron chi connectivity index (χ1n) is 9.94. The number of hydrogen-bond acceptors (Lipinski definition) is 6. The zero-order valence-electron chi connectivity index (χ0n) is 16.9. The van der Waals surface area contributed by atoms with Crippen LogP contribution in [0.15, 0.2) is 57.0 Å². The fraction of sp³-hybridized carbons (Fsp3) is 0.318. The maximum Gasteiger partial charge on any atom is 0.276 e. The van der Waals surface area contributed by atoms with Crippen molar-refractivity contribution in [1.29, 1.82) is 0 Å². The number of benzene rings is 2. The summed E-state index contributed by atoms with van der Waals surface area (Å²) in [6.45, 7) is 2.18. The van der Waals surface area contributed by atoms with E-state index in [1.54, 1.807) is 23.9 Å². The normalized spacial score (nSPS) is 17.5. The van der Waals surface area contributed by atoms with Gasteiger partial charge in [-0.15, -0.1) is 5.10 Å². The van der Waals surface area contributed by atoms with Crippen LogP contribution in [-0.2, 0) is 4.79 Å². The zero-order valence-corrected chi connectivity index (χ0v) is 19.3. The van der Waals surface area contributed by atoms with Gasteiger partial charge in [-0.1, -0.05) is 59.6 Å². The van der Waals surface area contributed by atoms with Crippen LogP contribution >= 0.6 is 27.7 Å². The number of nitrogens with one attached hydrogen (secondary N) is 1. The standard InChI is InChI=1S/C22H23BrN4O2S/c1-3-4-5-11-30-22-25-21(28)19-17-13-15(23)9-10-18(17)24-20(27(19)26-22)14-7-6-8-16(12-14)29-2/h6-10,12-13,20H,3-5,11H2,1-2H3,(H,25,26,28)/t20-/m0/s1. The minimum atomic E-state index is -0.443. The van der Waals surface area contributed by atoms with Gasteiger partial charge in [0, 0.05) is 21.0 Å². The topological polar surface area (TPSA) is 66.3 Å². The molecule has 4 rings (SSSR count). The van der Waals surface area contributed by atoms with Crippen LogP contribution in [-0.4, -0.2) is 28.9 Å². The fourth-order valence-corrected chi connectivity index (χ4v) is 4.67. The van der Waals surface area contributed by atoms with Gasteiger partial charge < -0.3 is 4.74 Å². The SMILES string of the molecule is CCCCCSC1=NN2C(=c3cc(Br)ccc3=N[C@@H]2c2cccc(OC)c2)C(=O)N1. The number of hydrazone groups is 1. The number of rotatable bonds is 6. The van der Waals surface area contributed by atoms with Crippen LogP contribution in [0, 0.1) is 0 Å². The van der Waals surface area contributed by atoms with Gasteiger partial charge in [0.05, 0.1) is 12.5 Å². The summed E-state index contributed by atoms with van der Waals surface area (Å²) in [5.41, 5.74) is 1.42. The number of nitrogens with zero attached hydrogens (tertiary/aromatic N) is 3. The summed E-state index contributed by atoms with van der Waals surface area (Å²) in [4.78, 5) is 18.1. The number of amides is 1. The third-order valence-corrected chi connectivity index (χ3v) is 6.39. The number of amidine groups is 1. The largest absolute Gasteiger partial charge is 0.497 e. The van der Waals surface area contributed by atoms with Crippen LogP contribution in [0.2, 0.25) is 0 Å². The average molecular weight is 487 g/mol. The molecule has 8 heteroatoms. The van der Waals surface area contributed by atoms with Crippen molar-refractivity contribution < 1.29 is 9.53 Å². The third-order valence-electron chi connectivity index (χ3n) is 4.95. The molecule has 0 aromatic heterocycles. The average Bonchev–Trinajstić information content (AvgIpc) is 2.76. The predicted octanol–water partition coefficient (Wildman–Crippen LogP) is 3.52. The molecule has 2 aliphatic heterocycles. The van der Waals surface area contributed by atoms with E-state index in [9.17, 15) is 4.79 Å². The van der Waals surface area contributed by atoms with Crippen LogP contribution < -0.4 is 20.6 Å². The Morgan fingerprint density at radius 2 is 2.10 bits per heavy atom. The molecule has 0 saturated heterocycles. The number of unbranched alkanes of at least 4 members (excludes halogenated alkanes) is 2. The second-order valence-electron chi connectivity index (χ2n) is 7.05. The van der Waals surface area contributed by atoms with E-state index in [2.05, 4.69) is 28.2 Å². The van der Waals surface area contributed by atoms with E-state index in [1.807, 2.05) is 42.5 Å². The van der Waals surface area contributed by atoms with Crippen molar-refractivity contribution in [2.45, 2.75) is 32.4 Å². The molecule has 1 atom stereocenters. The van der Waals surface area contributed by atoms with Crippen LogP contribution in [0.4, 0.5) is 0 Å². The Balaban J connectivity index is 1.80. The molecular formula is C22H23BrN4O2S. The lowest BCUT2D eigenvalue weighted by Gasteiger charge is -2.34. The summed E-state index contributed by atoms with van der Waals surface area (Å²) in [7, 11) is 1.64. The van der Waals surface area contributed by atoms with Gasteiger partial charge in [-0.05, 0) is 36.8 Å².